The summed E-state index contributed by atoms with van der Waals surface area (Å²) in [5.41, 5.74) is 6.03. The molecule has 1 aliphatic heterocycles. The minimum atomic E-state index is 0.520. The van der Waals surface area contributed by atoms with E-state index in [-0.39, 0.29) is 0 Å². The van der Waals surface area contributed by atoms with E-state index in [1.807, 2.05) is 0 Å². The predicted octanol–water partition coefficient (Wildman–Crippen LogP) is 3.83. The molecule has 0 saturated heterocycles. The maximum absolute atomic E-state index is 2.43. The summed E-state index contributed by atoms with van der Waals surface area (Å²) in [5.74, 6) is 0.520. The Bertz CT molecular complexity index is 559. The number of nitrogens with zero attached hydrogens (tertiary/aromatic N) is 1. The molecule has 0 radical (unpaired) electrons. The first-order chi connectivity index (χ1) is 9.29. The largest absolute Gasteiger partial charge is 0.301 e. The van der Waals surface area contributed by atoms with Gasteiger partial charge in [-0.3, -0.25) is 0 Å². The van der Waals surface area contributed by atoms with Crippen LogP contribution in [-0.2, 0) is 13.0 Å². The second kappa shape index (κ2) is 5.18. The Labute approximate surface area is 115 Å². The van der Waals surface area contributed by atoms with Gasteiger partial charge < -0.3 is 4.90 Å². The van der Waals surface area contributed by atoms with Gasteiger partial charge in [0.15, 0.2) is 0 Å². The van der Waals surface area contributed by atoms with Crippen molar-refractivity contribution >= 4 is 0 Å². The van der Waals surface area contributed by atoms with Gasteiger partial charge in [0.25, 0.3) is 0 Å². The molecule has 0 bridgehead atoms. The summed E-state index contributed by atoms with van der Waals surface area (Å²) in [4.78, 5) is 2.43. The molecule has 0 saturated carbocycles. The summed E-state index contributed by atoms with van der Waals surface area (Å²) in [7, 11) is 2.22. The van der Waals surface area contributed by atoms with Crippen molar-refractivity contribution in [3.8, 4) is 0 Å². The van der Waals surface area contributed by atoms with Gasteiger partial charge in [0.1, 0.15) is 0 Å². The standard InChI is InChI=1S/C18H21N/c1-3-14-10-7-11-16-12-19(2)13-17(18(14)16)15-8-5-4-6-9-15/h4-11,17H,3,12-13H2,1-2H3/t17-/m1/s1. The third kappa shape index (κ3) is 2.31. The Kier molecular flexibility index (Phi) is 3.39. The number of fused-ring (bicyclic) bond motifs is 1. The number of rotatable bonds is 2. The van der Waals surface area contributed by atoms with Gasteiger partial charge >= 0.3 is 0 Å². The highest BCUT2D eigenvalue weighted by Gasteiger charge is 2.26. The maximum atomic E-state index is 2.43. The fourth-order valence-electron chi connectivity index (χ4n) is 3.28. The molecule has 2 aromatic rings. The SMILES string of the molecule is CCc1cccc2c1[C@@H](c1ccccc1)CN(C)C2. The van der Waals surface area contributed by atoms with Crippen molar-refractivity contribution in [1.82, 2.24) is 4.90 Å². The number of aryl methyl sites for hydroxylation is 1. The van der Waals surface area contributed by atoms with E-state index in [9.17, 15) is 0 Å². The highest BCUT2D eigenvalue weighted by Crippen LogP contribution is 2.35. The lowest BCUT2D eigenvalue weighted by atomic mass is 9.81. The van der Waals surface area contributed by atoms with Gasteiger partial charge in [-0.2, -0.15) is 0 Å². The van der Waals surface area contributed by atoms with Crippen LogP contribution in [-0.4, -0.2) is 18.5 Å². The molecule has 0 amide bonds. The molecule has 0 unspecified atom stereocenters. The number of likely N-dealkylation sites (N-methyl/N-ethyl adjacent to an activating group) is 1. The normalized spacial score (nSPS) is 19.2. The fourth-order valence-corrected chi connectivity index (χ4v) is 3.28. The third-order valence-electron chi connectivity index (χ3n) is 4.15. The Hall–Kier alpha value is -1.60. The fraction of sp³-hybridized carbons (Fsp3) is 0.333. The topological polar surface area (TPSA) is 3.24 Å². The molecule has 2 aromatic carbocycles. The lowest BCUT2D eigenvalue weighted by molar-refractivity contribution is 0.294. The molecule has 98 valence electrons. The van der Waals surface area contributed by atoms with E-state index >= 15 is 0 Å². The Balaban J connectivity index is 2.13. The van der Waals surface area contributed by atoms with Crippen molar-refractivity contribution in [2.24, 2.45) is 0 Å². The number of hydrogen-bond acceptors (Lipinski definition) is 1. The summed E-state index contributed by atoms with van der Waals surface area (Å²) < 4.78 is 0. The smallest absolute Gasteiger partial charge is 0.0234 e. The third-order valence-corrected chi connectivity index (χ3v) is 4.15. The molecular formula is C18H21N. The Morgan fingerprint density at radius 3 is 2.58 bits per heavy atom. The average molecular weight is 251 g/mol. The first-order valence-corrected chi connectivity index (χ1v) is 7.13. The van der Waals surface area contributed by atoms with Gasteiger partial charge in [-0.25, -0.2) is 0 Å². The zero-order chi connectivity index (χ0) is 13.2. The van der Waals surface area contributed by atoms with Crippen LogP contribution >= 0.6 is 0 Å². The zero-order valence-corrected chi connectivity index (χ0v) is 11.8. The molecular weight excluding hydrogens is 230 g/mol. The molecule has 0 spiro atoms. The van der Waals surface area contributed by atoms with Crippen LogP contribution in [0.3, 0.4) is 0 Å². The second-order valence-electron chi connectivity index (χ2n) is 5.50. The monoisotopic (exact) mass is 251 g/mol. The summed E-state index contributed by atoms with van der Waals surface area (Å²) in [6.07, 6.45) is 1.12. The van der Waals surface area contributed by atoms with Gasteiger partial charge in [0.2, 0.25) is 0 Å². The van der Waals surface area contributed by atoms with Crippen LogP contribution in [0.4, 0.5) is 0 Å². The minimum absolute atomic E-state index is 0.520. The average Bonchev–Trinajstić information content (AvgIpc) is 2.46. The minimum Gasteiger partial charge on any atom is -0.301 e. The molecule has 0 fully saturated rings. The van der Waals surface area contributed by atoms with Gasteiger partial charge in [0.05, 0.1) is 0 Å². The summed E-state index contributed by atoms with van der Waals surface area (Å²) in [6, 6.07) is 17.7. The van der Waals surface area contributed by atoms with Crippen molar-refractivity contribution in [1.29, 1.82) is 0 Å². The van der Waals surface area contributed by atoms with E-state index in [1.54, 1.807) is 5.56 Å². The molecule has 19 heavy (non-hydrogen) atoms. The van der Waals surface area contributed by atoms with Crippen LogP contribution in [0.5, 0.6) is 0 Å². The van der Waals surface area contributed by atoms with Crippen molar-refractivity contribution in [2.75, 3.05) is 13.6 Å². The van der Waals surface area contributed by atoms with Crippen molar-refractivity contribution in [3.05, 3.63) is 70.8 Å². The lowest BCUT2D eigenvalue weighted by Crippen LogP contribution is -2.31. The molecule has 1 heterocycles. The second-order valence-corrected chi connectivity index (χ2v) is 5.50. The van der Waals surface area contributed by atoms with Crippen LogP contribution in [0, 0.1) is 0 Å². The van der Waals surface area contributed by atoms with Crippen LogP contribution in [0.2, 0.25) is 0 Å². The molecule has 0 aliphatic carbocycles. The summed E-state index contributed by atoms with van der Waals surface area (Å²) in [6.45, 7) is 4.45. The quantitative estimate of drug-likeness (QED) is 0.784. The molecule has 1 aliphatic rings. The molecule has 1 nitrogen and oxygen atoms in total. The predicted molar refractivity (Wildman–Crippen MR) is 80.4 cm³/mol. The van der Waals surface area contributed by atoms with Crippen molar-refractivity contribution in [3.63, 3.8) is 0 Å². The molecule has 1 atom stereocenters. The van der Waals surface area contributed by atoms with E-state index < -0.39 is 0 Å². The van der Waals surface area contributed by atoms with Gasteiger partial charge in [-0.05, 0) is 35.7 Å². The first kappa shape index (κ1) is 12.4. The van der Waals surface area contributed by atoms with Crippen molar-refractivity contribution < 1.29 is 0 Å². The van der Waals surface area contributed by atoms with Gasteiger partial charge in [-0.1, -0.05) is 55.5 Å². The zero-order valence-electron chi connectivity index (χ0n) is 11.8. The summed E-state index contributed by atoms with van der Waals surface area (Å²) in [5, 5.41) is 0. The van der Waals surface area contributed by atoms with Crippen LogP contribution in [0.15, 0.2) is 48.5 Å². The highest BCUT2D eigenvalue weighted by molar-refractivity contribution is 5.45. The van der Waals surface area contributed by atoms with E-state index in [0.717, 1.165) is 19.5 Å². The van der Waals surface area contributed by atoms with Crippen molar-refractivity contribution in [2.45, 2.75) is 25.8 Å². The van der Waals surface area contributed by atoms with Gasteiger partial charge in [0, 0.05) is 19.0 Å². The van der Waals surface area contributed by atoms with Crippen LogP contribution < -0.4 is 0 Å². The van der Waals surface area contributed by atoms with Gasteiger partial charge in [-0.15, -0.1) is 0 Å². The highest BCUT2D eigenvalue weighted by atomic mass is 15.1. The van der Waals surface area contributed by atoms with E-state index in [0.29, 0.717) is 5.92 Å². The van der Waals surface area contributed by atoms with E-state index in [1.165, 1.54) is 16.7 Å². The molecule has 3 rings (SSSR count). The Morgan fingerprint density at radius 1 is 1.05 bits per heavy atom. The number of benzene rings is 2. The van der Waals surface area contributed by atoms with Crippen LogP contribution in [0.25, 0.3) is 0 Å². The first-order valence-electron chi connectivity index (χ1n) is 7.13. The summed E-state index contributed by atoms with van der Waals surface area (Å²) >= 11 is 0. The van der Waals surface area contributed by atoms with E-state index in [4.69, 9.17) is 0 Å². The molecule has 1 heteroatoms. The maximum Gasteiger partial charge on any atom is 0.0234 e. The lowest BCUT2D eigenvalue weighted by Gasteiger charge is -2.34. The Morgan fingerprint density at radius 2 is 1.84 bits per heavy atom. The molecule has 0 N–H and O–H groups in total. The number of hydrogen-bond donors (Lipinski definition) is 0. The van der Waals surface area contributed by atoms with Crippen LogP contribution in [0.1, 0.15) is 35.1 Å². The van der Waals surface area contributed by atoms with E-state index in [2.05, 4.69) is 67.4 Å². The molecule has 0 aromatic heterocycles.